The number of alkyl halides is 3. The second kappa shape index (κ2) is 9.01. The molecular formula is C22H21ClF3NO5. The van der Waals surface area contributed by atoms with Crippen molar-refractivity contribution in [3.63, 3.8) is 0 Å². The van der Waals surface area contributed by atoms with Crippen LogP contribution >= 0.6 is 11.6 Å². The van der Waals surface area contributed by atoms with Crippen LogP contribution in [0.5, 0.6) is 11.5 Å². The predicted octanol–water partition coefficient (Wildman–Crippen LogP) is 4.57. The number of halogens is 4. The van der Waals surface area contributed by atoms with Gasteiger partial charge in [0.1, 0.15) is 28.2 Å². The van der Waals surface area contributed by atoms with E-state index in [0.29, 0.717) is 18.5 Å². The smallest absolute Gasteiger partial charge is 0.416 e. The first-order valence-electron chi connectivity index (χ1n) is 9.59. The molecule has 0 radical (unpaired) electrons. The Morgan fingerprint density at radius 3 is 2.38 bits per heavy atom. The fourth-order valence-electron chi connectivity index (χ4n) is 3.91. The van der Waals surface area contributed by atoms with Crippen LogP contribution in [-0.4, -0.2) is 47.5 Å². The van der Waals surface area contributed by atoms with E-state index < -0.39 is 22.9 Å². The number of fused-ring (bicyclic) bond motifs is 1. The molecule has 6 nitrogen and oxygen atoms in total. The number of aliphatic hydroxyl groups is 1. The lowest BCUT2D eigenvalue weighted by Gasteiger charge is -2.16. The molecule has 1 aliphatic rings. The van der Waals surface area contributed by atoms with Crippen molar-refractivity contribution in [2.75, 3.05) is 27.2 Å². The summed E-state index contributed by atoms with van der Waals surface area (Å²) in [5, 5.41) is 27.4. The normalized spacial score (nSPS) is 16.8. The van der Waals surface area contributed by atoms with Crippen molar-refractivity contribution in [3.8, 4) is 22.8 Å². The van der Waals surface area contributed by atoms with Crippen molar-refractivity contribution in [2.24, 2.45) is 0 Å². The van der Waals surface area contributed by atoms with E-state index in [1.54, 1.807) is 0 Å². The highest BCUT2D eigenvalue weighted by molar-refractivity contribution is 6.33. The number of likely N-dealkylation sites (N-methyl/N-ethyl adjacent to an activating group) is 1. The van der Waals surface area contributed by atoms with Gasteiger partial charge in [0.05, 0.1) is 10.6 Å². The fraction of sp³-hybridized carbons (Fsp3) is 0.318. The number of likely N-dealkylation sites (tertiary alicyclic amines) is 1. The molecule has 3 N–H and O–H groups in total. The van der Waals surface area contributed by atoms with E-state index in [9.17, 15) is 28.2 Å². The molecule has 0 amide bonds. The standard InChI is InChI=1S/C21H17ClF3NO4.CH4O/c1-26-5-4-10(9-26)18-14(27)7-15(28)19-16(29)8-17(30-20(18)19)12-3-2-11(6-13(12)22)21(23,24)25;1-2/h2-3,6-8,10,27-28H,4-5,9H2,1H3;2H,1H3. The average molecular weight is 472 g/mol. The summed E-state index contributed by atoms with van der Waals surface area (Å²) in [7, 11) is 2.92. The number of nitrogens with zero attached hydrogens (tertiary/aromatic N) is 1. The molecule has 0 bridgehead atoms. The van der Waals surface area contributed by atoms with E-state index in [1.807, 2.05) is 7.05 Å². The molecule has 1 aliphatic heterocycles. The number of aromatic hydroxyl groups is 2. The Bertz CT molecular complexity index is 1210. The number of hydrogen-bond acceptors (Lipinski definition) is 6. The maximum absolute atomic E-state index is 12.9. The van der Waals surface area contributed by atoms with Crippen LogP contribution in [0.2, 0.25) is 5.02 Å². The second-order valence-electron chi connectivity index (χ2n) is 7.45. The minimum Gasteiger partial charge on any atom is -0.507 e. The van der Waals surface area contributed by atoms with Crippen LogP contribution in [0.3, 0.4) is 0 Å². The Balaban J connectivity index is 0.00000141. The van der Waals surface area contributed by atoms with Crippen LogP contribution in [-0.2, 0) is 6.18 Å². The van der Waals surface area contributed by atoms with Gasteiger partial charge in [0.15, 0.2) is 5.43 Å². The van der Waals surface area contributed by atoms with Crippen LogP contribution < -0.4 is 5.43 Å². The molecule has 1 unspecified atom stereocenters. The van der Waals surface area contributed by atoms with Gasteiger partial charge in [-0.05, 0) is 38.2 Å². The number of rotatable bonds is 2. The third kappa shape index (κ3) is 4.41. The van der Waals surface area contributed by atoms with Crippen LogP contribution in [0.1, 0.15) is 23.5 Å². The number of phenols is 2. The van der Waals surface area contributed by atoms with Crippen molar-refractivity contribution in [1.82, 2.24) is 4.90 Å². The fourth-order valence-corrected chi connectivity index (χ4v) is 4.18. The number of phenolic OH excluding ortho intramolecular Hbond substituents is 2. The molecule has 4 rings (SSSR count). The van der Waals surface area contributed by atoms with Gasteiger partial charge in [0.2, 0.25) is 0 Å². The van der Waals surface area contributed by atoms with Crippen molar-refractivity contribution in [2.45, 2.75) is 18.5 Å². The molecule has 172 valence electrons. The molecule has 1 saturated heterocycles. The minimum atomic E-state index is -4.56. The molecule has 0 aliphatic carbocycles. The van der Waals surface area contributed by atoms with Gasteiger partial charge in [-0.25, -0.2) is 0 Å². The molecule has 1 aromatic heterocycles. The number of hydrogen-bond donors (Lipinski definition) is 3. The van der Waals surface area contributed by atoms with Crippen molar-refractivity contribution in [3.05, 3.63) is 56.7 Å². The third-order valence-corrected chi connectivity index (χ3v) is 5.67. The zero-order valence-corrected chi connectivity index (χ0v) is 18.0. The quantitative estimate of drug-likeness (QED) is 0.507. The molecule has 10 heteroatoms. The highest BCUT2D eigenvalue weighted by Crippen LogP contribution is 2.43. The lowest BCUT2D eigenvalue weighted by molar-refractivity contribution is -0.137. The van der Waals surface area contributed by atoms with Crippen molar-refractivity contribution >= 4 is 22.6 Å². The monoisotopic (exact) mass is 471 g/mol. The molecule has 0 saturated carbocycles. The van der Waals surface area contributed by atoms with Gasteiger partial charge >= 0.3 is 6.18 Å². The van der Waals surface area contributed by atoms with Crippen LogP contribution in [0.15, 0.2) is 39.5 Å². The zero-order valence-electron chi connectivity index (χ0n) is 17.2. The predicted molar refractivity (Wildman–Crippen MR) is 114 cm³/mol. The van der Waals surface area contributed by atoms with Crippen LogP contribution in [0, 0.1) is 0 Å². The molecule has 1 atom stereocenters. The Labute approximate surface area is 186 Å². The molecule has 3 aromatic rings. The number of benzene rings is 2. The summed E-state index contributed by atoms with van der Waals surface area (Å²) in [6.07, 6.45) is -3.86. The molecule has 1 fully saturated rings. The Hall–Kier alpha value is -2.75. The Morgan fingerprint density at radius 2 is 1.81 bits per heavy atom. The van der Waals surface area contributed by atoms with Gasteiger partial charge in [0, 0.05) is 42.8 Å². The van der Waals surface area contributed by atoms with E-state index in [-0.39, 0.29) is 39.0 Å². The van der Waals surface area contributed by atoms with Crippen LogP contribution in [0.4, 0.5) is 13.2 Å². The molecule has 0 spiro atoms. The van der Waals surface area contributed by atoms with Crippen molar-refractivity contribution < 1.29 is 32.9 Å². The molecule has 32 heavy (non-hydrogen) atoms. The lowest BCUT2D eigenvalue weighted by Crippen LogP contribution is -2.14. The summed E-state index contributed by atoms with van der Waals surface area (Å²) in [4.78, 5) is 14.8. The maximum atomic E-state index is 12.9. The van der Waals surface area contributed by atoms with Gasteiger partial charge in [0.25, 0.3) is 0 Å². The molecule has 2 heterocycles. The van der Waals surface area contributed by atoms with Gasteiger partial charge < -0.3 is 24.6 Å². The molecular weight excluding hydrogens is 451 g/mol. The summed E-state index contributed by atoms with van der Waals surface area (Å²) in [6.45, 7) is 1.39. The van der Waals surface area contributed by atoms with E-state index in [1.165, 1.54) is 0 Å². The summed E-state index contributed by atoms with van der Waals surface area (Å²) >= 11 is 6.05. The first-order chi connectivity index (χ1) is 15.1. The number of aliphatic hydroxyl groups excluding tert-OH is 1. The highest BCUT2D eigenvalue weighted by atomic mass is 35.5. The zero-order chi connectivity index (χ0) is 23.8. The van der Waals surface area contributed by atoms with Gasteiger partial charge in [-0.3, -0.25) is 4.79 Å². The third-order valence-electron chi connectivity index (χ3n) is 5.36. The first kappa shape index (κ1) is 23.9. The van der Waals surface area contributed by atoms with Gasteiger partial charge in [-0.1, -0.05) is 11.6 Å². The van der Waals surface area contributed by atoms with Crippen molar-refractivity contribution in [1.29, 1.82) is 0 Å². The minimum absolute atomic E-state index is 0.00580. The lowest BCUT2D eigenvalue weighted by atomic mass is 9.94. The first-order valence-corrected chi connectivity index (χ1v) is 9.97. The summed E-state index contributed by atoms with van der Waals surface area (Å²) in [6, 6.07) is 4.91. The second-order valence-corrected chi connectivity index (χ2v) is 7.85. The van der Waals surface area contributed by atoms with Gasteiger partial charge in [-0.15, -0.1) is 0 Å². The van der Waals surface area contributed by atoms with E-state index in [4.69, 9.17) is 21.1 Å². The largest absolute Gasteiger partial charge is 0.507 e. The van der Waals surface area contributed by atoms with E-state index >= 15 is 0 Å². The van der Waals surface area contributed by atoms with E-state index in [0.717, 1.165) is 44.0 Å². The Morgan fingerprint density at radius 1 is 1.12 bits per heavy atom. The molecule has 2 aromatic carbocycles. The summed E-state index contributed by atoms with van der Waals surface area (Å²) < 4.78 is 44.7. The SMILES string of the molecule is CN1CCC(c2c(O)cc(O)c3c(=O)cc(-c4ccc(C(F)(F)F)cc4Cl)oc23)C1.CO. The average Bonchev–Trinajstić information content (AvgIpc) is 3.13. The topological polar surface area (TPSA) is 94.1 Å². The maximum Gasteiger partial charge on any atom is 0.416 e. The summed E-state index contributed by atoms with van der Waals surface area (Å²) in [5.41, 5.74) is -1.03. The van der Waals surface area contributed by atoms with E-state index in [2.05, 4.69) is 4.90 Å². The summed E-state index contributed by atoms with van der Waals surface area (Å²) in [5.74, 6) is -0.834. The van der Waals surface area contributed by atoms with Gasteiger partial charge in [-0.2, -0.15) is 13.2 Å². The highest BCUT2D eigenvalue weighted by Gasteiger charge is 2.32. The van der Waals surface area contributed by atoms with Crippen LogP contribution in [0.25, 0.3) is 22.3 Å². The Kier molecular flexibility index (Phi) is 6.73.